The standard InChI is InChI=1S/C28H32FN3O4S/c1-4-21(2)30-28(34)22(3)31(19-23-11-7-5-8-12-23)27(33)20-32(25-13-9-6-10-14-25)37(35,36)26-17-15-24(29)16-18-26/h5-18,21-22H,4,19-20H2,1-3H3,(H,30,34). The third-order valence-corrected chi connectivity index (χ3v) is 7.88. The molecule has 0 fully saturated rings. The third kappa shape index (κ3) is 7.16. The molecule has 0 aliphatic rings. The number of benzene rings is 3. The molecule has 2 unspecified atom stereocenters. The topological polar surface area (TPSA) is 86.8 Å². The van der Waals surface area contributed by atoms with Gasteiger partial charge in [-0.2, -0.15) is 0 Å². The number of hydrogen-bond donors (Lipinski definition) is 1. The smallest absolute Gasteiger partial charge is 0.264 e. The Morgan fingerprint density at radius 3 is 2.03 bits per heavy atom. The van der Waals surface area contributed by atoms with Gasteiger partial charge in [-0.15, -0.1) is 0 Å². The summed E-state index contributed by atoms with van der Waals surface area (Å²) in [6.45, 7) is 5.02. The van der Waals surface area contributed by atoms with Crippen molar-refractivity contribution in [2.75, 3.05) is 10.8 Å². The first-order valence-electron chi connectivity index (χ1n) is 12.1. The van der Waals surface area contributed by atoms with Gasteiger partial charge in [0.05, 0.1) is 10.6 Å². The maximum Gasteiger partial charge on any atom is 0.264 e. The van der Waals surface area contributed by atoms with E-state index in [1.807, 2.05) is 44.2 Å². The van der Waals surface area contributed by atoms with Crippen LogP contribution in [-0.2, 0) is 26.2 Å². The van der Waals surface area contributed by atoms with Crippen molar-refractivity contribution in [1.29, 1.82) is 0 Å². The lowest BCUT2D eigenvalue weighted by Gasteiger charge is -2.32. The first-order valence-corrected chi connectivity index (χ1v) is 13.5. The Morgan fingerprint density at radius 2 is 1.46 bits per heavy atom. The van der Waals surface area contributed by atoms with E-state index in [0.717, 1.165) is 40.6 Å². The average molecular weight is 526 g/mol. The summed E-state index contributed by atoms with van der Waals surface area (Å²) in [5.41, 5.74) is 1.07. The summed E-state index contributed by atoms with van der Waals surface area (Å²) < 4.78 is 41.7. The molecule has 3 rings (SSSR count). The average Bonchev–Trinajstić information content (AvgIpc) is 2.91. The normalized spacial score (nSPS) is 12.9. The first kappa shape index (κ1) is 27.9. The third-order valence-electron chi connectivity index (χ3n) is 6.09. The van der Waals surface area contributed by atoms with Gasteiger partial charge in [0.2, 0.25) is 11.8 Å². The largest absolute Gasteiger partial charge is 0.352 e. The summed E-state index contributed by atoms with van der Waals surface area (Å²) in [7, 11) is -4.22. The Bertz CT molecular complexity index is 1290. The molecule has 196 valence electrons. The molecule has 2 atom stereocenters. The van der Waals surface area contributed by atoms with Gasteiger partial charge in [0.1, 0.15) is 18.4 Å². The summed E-state index contributed by atoms with van der Waals surface area (Å²) >= 11 is 0. The lowest BCUT2D eigenvalue weighted by atomic mass is 10.1. The number of nitrogens with one attached hydrogen (secondary N) is 1. The predicted octanol–water partition coefficient (Wildman–Crippen LogP) is 4.35. The molecule has 0 aliphatic carbocycles. The van der Waals surface area contributed by atoms with Crippen molar-refractivity contribution >= 4 is 27.5 Å². The van der Waals surface area contributed by atoms with Crippen LogP contribution < -0.4 is 9.62 Å². The van der Waals surface area contributed by atoms with Crippen LogP contribution in [-0.4, -0.2) is 43.8 Å². The summed E-state index contributed by atoms with van der Waals surface area (Å²) in [6.07, 6.45) is 0.725. The zero-order chi connectivity index (χ0) is 27.0. The van der Waals surface area contributed by atoms with E-state index in [1.54, 1.807) is 37.3 Å². The van der Waals surface area contributed by atoms with Crippen molar-refractivity contribution in [2.45, 2.75) is 50.7 Å². The minimum atomic E-state index is -4.22. The molecule has 0 saturated heterocycles. The number of anilines is 1. The van der Waals surface area contributed by atoms with Gasteiger partial charge in [-0.05, 0) is 62.2 Å². The van der Waals surface area contributed by atoms with Crippen LogP contribution in [0.2, 0.25) is 0 Å². The Morgan fingerprint density at radius 1 is 0.892 bits per heavy atom. The number of amides is 2. The molecule has 3 aromatic carbocycles. The molecule has 0 spiro atoms. The van der Waals surface area contributed by atoms with E-state index in [9.17, 15) is 22.4 Å². The zero-order valence-corrected chi connectivity index (χ0v) is 22.0. The summed E-state index contributed by atoms with van der Waals surface area (Å²) in [5.74, 6) is -1.45. The molecule has 9 heteroatoms. The van der Waals surface area contributed by atoms with Gasteiger partial charge < -0.3 is 10.2 Å². The van der Waals surface area contributed by atoms with Crippen molar-refractivity contribution in [3.8, 4) is 0 Å². The van der Waals surface area contributed by atoms with Crippen LogP contribution in [0.15, 0.2) is 89.8 Å². The lowest BCUT2D eigenvalue weighted by molar-refractivity contribution is -0.139. The number of carbonyl (C=O) groups excluding carboxylic acids is 2. The van der Waals surface area contributed by atoms with Crippen LogP contribution in [0.3, 0.4) is 0 Å². The molecule has 0 aliphatic heterocycles. The summed E-state index contributed by atoms with van der Waals surface area (Å²) in [4.78, 5) is 28.0. The summed E-state index contributed by atoms with van der Waals surface area (Å²) in [6, 6.07) is 20.9. The van der Waals surface area contributed by atoms with Crippen molar-refractivity contribution in [3.63, 3.8) is 0 Å². The molecule has 2 amide bonds. The van der Waals surface area contributed by atoms with E-state index >= 15 is 0 Å². The van der Waals surface area contributed by atoms with E-state index in [0.29, 0.717) is 0 Å². The van der Waals surface area contributed by atoms with E-state index in [4.69, 9.17) is 0 Å². The maximum absolute atomic E-state index is 13.7. The Balaban J connectivity index is 1.98. The second kappa shape index (κ2) is 12.5. The Kier molecular flexibility index (Phi) is 9.41. The number of para-hydroxylation sites is 1. The van der Waals surface area contributed by atoms with Crippen LogP contribution >= 0.6 is 0 Å². The molecule has 0 saturated carbocycles. The van der Waals surface area contributed by atoms with Gasteiger partial charge in [0.25, 0.3) is 10.0 Å². The van der Waals surface area contributed by atoms with Crippen molar-refractivity contribution in [2.24, 2.45) is 0 Å². The number of halogens is 1. The monoisotopic (exact) mass is 525 g/mol. The van der Waals surface area contributed by atoms with Gasteiger partial charge in [-0.3, -0.25) is 13.9 Å². The molecule has 0 bridgehead atoms. The molecule has 0 radical (unpaired) electrons. The predicted molar refractivity (Wildman–Crippen MR) is 142 cm³/mol. The van der Waals surface area contributed by atoms with Crippen molar-refractivity contribution in [1.82, 2.24) is 10.2 Å². The number of nitrogens with zero attached hydrogens (tertiary/aromatic N) is 2. The van der Waals surface area contributed by atoms with E-state index in [-0.39, 0.29) is 29.1 Å². The van der Waals surface area contributed by atoms with Crippen molar-refractivity contribution in [3.05, 3.63) is 96.3 Å². The van der Waals surface area contributed by atoms with Gasteiger partial charge in [0, 0.05) is 12.6 Å². The number of carbonyl (C=O) groups is 2. The number of rotatable bonds is 11. The van der Waals surface area contributed by atoms with Gasteiger partial charge in [-0.1, -0.05) is 55.5 Å². The quantitative estimate of drug-likeness (QED) is 0.403. The van der Waals surface area contributed by atoms with E-state index in [1.165, 1.54) is 4.90 Å². The van der Waals surface area contributed by atoms with Crippen LogP contribution in [0.1, 0.15) is 32.8 Å². The maximum atomic E-state index is 13.7. The molecule has 0 heterocycles. The van der Waals surface area contributed by atoms with Gasteiger partial charge in [0.15, 0.2) is 0 Å². The van der Waals surface area contributed by atoms with Crippen LogP contribution in [0.25, 0.3) is 0 Å². The lowest BCUT2D eigenvalue weighted by Crippen LogP contribution is -2.52. The van der Waals surface area contributed by atoms with E-state index < -0.39 is 34.3 Å². The van der Waals surface area contributed by atoms with Gasteiger partial charge in [-0.25, -0.2) is 12.8 Å². The second-order valence-corrected chi connectivity index (χ2v) is 10.7. The summed E-state index contributed by atoms with van der Waals surface area (Å²) in [5, 5.41) is 2.90. The SMILES string of the molecule is CCC(C)NC(=O)C(C)N(Cc1ccccc1)C(=O)CN(c1ccccc1)S(=O)(=O)c1ccc(F)cc1. The number of hydrogen-bond acceptors (Lipinski definition) is 4. The molecule has 3 aromatic rings. The minimum Gasteiger partial charge on any atom is -0.352 e. The first-order chi connectivity index (χ1) is 17.6. The molecule has 0 aromatic heterocycles. The molecule has 7 nitrogen and oxygen atoms in total. The zero-order valence-electron chi connectivity index (χ0n) is 21.2. The van der Waals surface area contributed by atoms with E-state index in [2.05, 4.69) is 5.32 Å². The van der Waals surface area contributed by atoms with Crippen LogP contribution in [0.5, 0.6) is 0 Å². The molecule has 1 N–H and O–H groups in total. The molecule has 37 heavy (non-hydrogen) atoms. The highest BCUT2D eigenvalue weighted by Crippen LogP contribution is 2.24. The highest BCUT2D eigenvalue weighted by Gasteiger charge is 2.32. The van der Waals surface area contributed by atoms with Gasteiger partial charge >= 0.3 is 0 Å². The van der Waals surface area contributed by atoms with Crippen LogP contribution in [0, 0.1) is 5.82 Å². The molecular weight excluding hydrogens is 493 g/mol. The van der Waals surface area contributed by atoms with Crippen molar-refractivity contribution < 1.29 is 22.4 Å². The molecular formula is C28H32FN3O4S. The van der Waals surface area contributed by atoms with Crippen LogP contribution in [0.4, 0.5) is 10.1 Å². The number of sulfonamides is 1. The Hall–Kier alpha value is -3.72. The Labute approximate surface area is 218 Å². The highest BCUT2D eigenvalue weighted by atomic mass is 32.2. The fourth-order valence-electron chi connectivity index (χ4n) is 3.69. The second-order valence-electron chi connectivity index (χ2n) is 8.80. The fourth-order valence-corrected chi connectivity index (χ4v) is 5.10. The minimum absolute atomic E-state index is 0.0803. The fraction of sp³-hybridized carbons (Fsp3) is 0.286. The highest BCUT2D eigenvalue weighted by molar-refractivity contribution is 7.92.